The van der Waals surface area contributed by atoms with Gasteiger partial charge in [0.1, 0.15) is 0 Å². The Morgan fingerprint density at radius 3 is 3.00 bits per heavy atom. The van der Waals surface area contributed by atoms with Gasteiger partial charge in [0, 0.05) is 46.0 Å². The number of hydrogen-bond donors (Lipinski definition) is 2. The number of benzene rings is 1. The molecule has 3 N–H and O–H groups in total. The van der Waals surface area contributed by atoms with Gasteiger partial charge in [0.05, 0.1) is 0 Å². The van der Waals surface area contributed by atoms with Crippen molar-refractivity contribution in [2.75, 3.05) is 34.9 Å². The number of carbonyl (C=O) groups is 1. The van der Waals surface area contributed by atoms with Crippen molar-refractivity contribution in [1.29, 1.82) is 0 Å². The van der Waals surface area contributed by atoms with E-state index in [-0.39, 0.29) is 5.78 Å². The molecule has 0 radical (unpaired) electrons. The minimum absolute atomic E-state index is 0.0127. The third kappa shape index (κ3) is 3.59. The summed E-state index contributed by atoms with van der Waals surface area (Å²) in [4.78, 5) is 11.4. The van der Waals surface area contributed by atoms with Crippen molar-refractivity contribution in [2.45, 2.75) is 12.2 Å². The second-order valence-electron chi connectivity index (χ2n) is 4.31. The molecule has 1 aromatic carbocycles. The summed E-state index contributed by atoms with van der Waals surface area (Å²) in [5.41, 5.74) is 7.90. The maximum atomic E-state index is 11.4. The summed E-state index contributed by atoms with van der Waals surface area (Å²) in [6.45, 7) is 2.49. The molecule has 1 heterocycles. The number of Topliss-reactive ketones (excluding diaryl/α,β-unsaturated/α-hetero) is 1. The van der Waals surface area contributed by atoms with Crippen LogP contribution in [-0.4, -0.2) is 34.8 Å². The van der Waals surface area contributed by atoms with Gasteiger partial charge in [-0.3, -0.25) is 4.79 Å². The molecule has 1 atom stereocenters. The second-order valence-corrected chi connectivity index (χ2v) is 6.86. The molecule has 1 fully saturated rings. The number of anilines is 2. The molecule has 2 rings (SSSR count). The van der Waals surface area contributed by atoms with Crippen LogP contribution in [0.25, 0.3) is 0 Å². The molecule has 0 saturated carbocycles. The zero-order chi connectivity index (χ0) is 13.0. The number of rotatable bonds is 4. The minimum atomic E-state index is 0.0127. The Bertz CT molecular complexity index is 431. The van der Waals surface area contributed by atoms with Gasteiger partial charge in [-0.1, -0.05) is 0 Å². The lowest BCUT2D eigenvalue weighted by molar-refractivity contribution is 0.101. The van der Waals surface area contributed by atoms with E-state index in [1.165, 1.54) is 17.3 Å². The van der Waals surface area contributed by atoms with Crippen LogP contribution in [0, 0.1) is 0 Å². The van der Waals surface area contributed by atoms with Gasteiger partial charge in [0.15, 0.2) is 5.78 Å². The number of hydrogen-bond acceptors (Lipinski definition) is 5. The van der Waals surface area contributed by atoms with E-state index >= 15 is 0 Å². The molecule has 98 valence electrons. The third-order valence-electron chi connectivity index (χ3n) is 2.85. The Balaban J connectivity index is 1.96. The first-order valence-corrected chi connectivity index (χ1v) is 8.21. The molecule has 1 unspecified atom stereocenters. The number of thioether (sulfide) groups is 2. The van der Waals surface area contributed by atoms with Gasteiger partial charge in [-0.05, 0) is 25.1 Å². The lowest BCUT2D eigenvalue weighted by Crippen LogP contribution is -2.23. The van der Waals surface area contributed by atoms with Crippen LogP contribution >= 0.6 is 23.5 Å². The Labute approximate surface area is 116 Å². The standard InChI is InChI=1S/C13H18N2OS2/c1-9(16)12-6-10(2-3-13(12)14)15-7-11-8-17-4-5-18-11/h2-3,6,11,15H,4-5,7-8,14H2,1H3. The molecule has 0 spiro atoms. The molecule has 0 aromatic heterocycles. The summed E-state index contributed by atoms with van der Waals surface area (Å²) < 4.78 is 0. The molecule has 1 aromatic rings. The summed E-state index contributed by atoms with van der Waals surface area (Å²) in [5.74, 6) is 3.71. The molecular weight excluding hydrogens is 264 g/mol. The normalized spacial score (nSPS) is 19.5. The van der Waals surface area contributed by atoms with Gasteiger partial charge in [-0.15, -0.1) is 0 Å². The van der Waals surface area contributed by atoms with E-state index in [9.17, 15) is 4.79 Å². The highest BCUT2D eigenvalue weighted by Crippen LogP contribution is 2.25. The molecule has 0 aliphatic carbocycles. The van der Waals surface area contributed by atoms with Crippen molar-refractivity contribution in [3.8, 4) is 0 Å². The molecule has 0 amide bonds. The van der Waals surface area contributed by atoms with Crippen molar-refractivity contribution in [2.24, 2.45) is 0 Å². The lowest BCUT2D eigenvalue weighted by Gasteiger charge is -2.21. The third-order valence-corrected chi connectivity index (χ3v) is 5.70. The van der Waals surface area contributed by atoms with Crippen molar-refractivity contribution in [3.63, 3.8) is 0 Å². The summed E-state index contributed by atoms with van der Waals surface area (Å²) >= 11 is 4.03. The highest BCUT2D eigenvalue weighted by atomic mass is 32.2. The van der Waals surface area contributed by atoms with E-state index in [1.54, 1.807) is 13.0 Å². The average molecular weight is 282 g/mol. The Morgan fingerprint density at radius 2 is 2.33 bits per heavy atom. The molecule has 1 aliphatic heterocycles. The zero-order valence-corrected chi connectivity index (χ0v) is 12.1. The summed E-state index contributed by atoms with van der Waals surface area (Å²) in [6, 6.07) is 5.57. The van der Waals surface area contributed by atoms with Crippen LogP contribution in [0.5, 0.6) is 0 Å². The Morgan fingerprint density at radius 1 is 1.50 bits per heavy atom. The van der Waals surface area contributed by atoms with Crippen LogP contribution in [-0.2, 0) is 0 Å². The van der Waals surface area contributed by atoms with Gasteiger partial charge in [-0.25, -0.2) is 0 Å². The van der Waals surface area contributed by atoms with E-state index in [1.807, 2.05) is 35.7 Å². The molecule has 3 nitrogen and oxygen atoms in total. The van der Waals surface area contributed by atoms with Gasteiger partial charge >= 0.3 is 0 Å². The van der Waals surface area contributed by atoms with Gasteiger partial charge in [0.25, 0.3) is 0 Å². The topological polar surface area (TPSA) is 55.1 Å². The van der Waals surface area contributed by atoms with Gasteiger partial charge < -0.3 is 11.1 Å². The number of nitrogens with one attached hydrogen (secondary N) is 1. The molecule has 1 saturated heterocycles. The highest BCUT2D eigenvalue weighted by Gasteiger charge is 2.14. The molecule has 0 bridgehead atoms. The number of carbonyl (C=O) groups excluding carboxylic acids is 1. The number of nitrogen functional groups attached to an aromatic ring is 1. The first-order chi connectivity index (χ1) is 8.66. The first kappa shape index (κ1) is 13.6. The lowest BCUT2D eigenvalue weighted by atomic mass is 10.1. The Kier molecular flexibility index (Phi) is 4.83. The predicted molar refractivity (Wildman–Crippen MR) is 82.9 cm³/mol. The monoisotopic (exact) mass is 282 g/mol. The number of ketones is 1. The average Bonchev–Trinajstić information content (AvgIpc) is 2.38. The smallest absolute Gasteiger partial charge is 0.161 e. The zero-order valence-electron chi connectivity index (χ0n) is 10.4. The second kappa shape index (κ2) is 6.38. The SMILES string of the molecule is CC(=O)c1cc(NCC2CSCCS2)ccc1N. The fourth-order valence-corrected chi connectivity index (χ4v) is 4.47. The predicted octanol–water partition coefficient (Wildman–Crippen LogP) is 2.73. The van der Waals surface area contributed by atoms with Crippen LogP contribution < -0.4 is 11.1 Å². The van der Waals surface area contributed by atoms with E-state index in [2.05, 4.69) is 5.32 Å². The number of nitrogens with two attached hydrogens (primary N) is 1. The van der Waals surface area contributed by atoms with Crippen LogP contribution in [0.1, 0.15) is 17.3 Å². The van der Waals surface area contributed by atoms with E-state index in [0.29, 0.717) is 16.5 Å². The summed E-state index contributed by atoms with van der Waals surface area (Å²) in [6.07, 6.45) is 0. The van der Waals surface area contributed by atoms with Crippen molar-refractivity contribution >= 4 is 40.7 Å². The summed E-state index contributed by atoms with van der Waals surface area (Å²) in [7, 11) is 0. The van der Waals surface area contributed by atoms with Crippen LogP contribution in [0.3, 0.4) is 0 Å². The summed E-state index contributed by atoms with van der Waals surface area (Å²) in [5, 5.41) is 4.05. The maximum absolute atomic E-state index is 11.4. The fourth-order valence-electron chi connectivity index (χ4n) is 1.86. The first-order valence-electron chi connectivity index (χ1n) is 6.00. The van der Waals surface area contributed by atoms with Crippen molar-refractivity contribution in [1.82, 2.24) is 0 Å². The maximum Gasteiger partial charge on any atom is 0.161 e. The fraction of sp³-hybridized carbons (Fsp3) is 0.462. The Hall–Kier alpha value is -0.810. The van der Waals surface area contributed by atoms with E-state index in [0.717, 1.165) is 12.2 Å². The van der Waals surface area contributed by atoms with Crippen LogP contribution in [0.15, 0.2) is 18.2 Å². The van der Waals surface area contributed by atoms with Gasteiger partial charge in [0.2, 0.25) is 0 Å². The van der Waals surface area contributed by atoms with E-state index < -0.39 is 0 Å². The van der Waals surface area contributed by atoms with Crippen molar-refractivity contribution < 1.29 is 4.79 Å². The molecule has 1 aliphatic rings. The van der Waals surface area contributed by atoms with E-state index in [4.69, 9.17) is 5.73 Å². The highest BCUT2D eigenvalue weighted by molar-refractivity contribution is 8.06. The molecule has 18 heavy (non-hydrogen) atoms. The van der Waals surface area contributed by atoms with Crippen LogP contribution in [0.4, 0.5) is 11.4 Å². The molecular formula is C13H18N2OS2. The minimum Gasteiger partial charge on any atom is -0.398 e. The quantitative estimate of drug-likeness (QED) is 0.657. The van der Waals surface area contributed by atoms with Crippen LogP contribution in [0.2, 0.25) is 0 Å². The largest absolute Gasteiger partial charge is 0.398 e. The molecule has 5 heteroatoms. The van der Waals surface area contributed by atoms with Crippen molar-refractivity contribution in [3.05, 3.63) is 23.8 Å². The van der Waals surface area contributed by atoms with Gasteiger partial charge in [-0.2, -0.15) is 23.5 Å².